The van der Waals surface area contributed by atoms with E-state index in [1.54, 1.807) is 47.4 Å². The van der Waals surface area contributed by atoms with Gasteiger partial charge in [-0.15, -0.1) is 0 Å². The Morgan fingerprint density at radius 1 is 1.12 bits per heavy atom. The van der Waals surface area contributed by atoms with Gasteiger partial charge in [0, 0.05) is 43.7 Å². The van der Waals surface area contributed by atoms with Crippen molar-refractivity contribution in [2.45, 2.75) is 31.2 Å². The van der Waals surface area contributed by atoms with Gasteiger partial charge in [-0.2, -0.15) is 4.31 Å². The Bertz CT molecular complexity index is 1090. The summed E-state index contributed by atoms with van der Waals surface area (Å²) in [5.74, 6) is -0.200. The van der Waals surface area contributed by atoms with E-state index in [9.17, 15) is 18.0 Å². The highest BCUT2D eigenvalue weighted by Crippen LogP contribution is 2.26. The van der Waals surface area contributed by atoms with Crippen LogP contribution >= 0.6 is 0 Å². The number of rotatable bonds is 7. The number of methoxy groups -OCH3 is 1. The number of sulfonamides is 1. The molecule has 0 atom stereocenters. The topological polar surface area (TPSA) is 110 Å². The summed E-state index contributed by atoms with van der Waals surface area (Å²) in [4.78, 5) is 26.3. The number of ether oxygens (including phenoxy) is 1. The number of piperidine rings is 1. The van der Waals surface area contributed by atoms with E-state index < -0.39 is 10.0 Å². The van der Waals surface area contributed by atoms with Crippen LogP contribution in [0.4, 0.5) is 0 Å². The number of amides is 2. The molecule has 9 heteroatoms. The van der Waals surface area contributed by atoms with Crippen LogP contribution in [0.1, 0.15) is 34.3 Å². The van der Waals surface area contributed by atoms with E-state index in [0.717, 1.165) is 5.56 Å². The van der Waals surface area contributed by atoms with Crippen molar-refractivity contribution in [3.05, 3.63) is 59.2 Å². The maximum atomic E-state index is 13.0. The number of nitrogens with two attached hydrogens (primary N) is 1. The number of nitrogens with zero attached hydrogens (tertiary/aromatic N) is 2. The fourth-order valence-electron chi connectivity index (χ4n) is 3.80. The highest BCUT2D eigenvalue weighted by molar-refractivity contribution is 7.89. The lowest BCUT2D eigenvalue weighted by Gasteiger charge is -2.30. The highest BCUT2D eigenvalue weighted by Gasteiger charge is 2.27. The van der Waals surface area contributed by atoms with E-state index in [4.69, 9.17) is 10.5 Å². The molecule has 1 aliphatic heterocycles. The quantitative estimate of drug-likeness (QED) is 0.682. The van der Waals surface area contributed by atoms with Crippen molar-refractivity contribution in [3.8, 4) is 5.75 Å². The van der Waals surface area contributed by atoms with E-state index in [-0.39, 0.29) is 29.2 Å². The van der Waals surface area contributed by atoms with Gasteiger partial charge in [0.05, 0.1) is 12.0 Å². The Kier molecular flexibility index (Phi) is 7.20. The summed E-state index contributed by atoms with van der Waals surface area (Å²) in [5.41, 5.74) is 7.37. The van der Waals surface area contributed by atoms with Crippen LogP contribution in [0.2, 0.25) is 0 Å². The van der Waals surface area contributed by atoms with E-state index >= 15 is 0 Å². The van der Waals surface area contributed by atoms with Crippen molar-refractivity contribution in [1.29, 1.82) is 0 Å². The molecule has 0 bridgehead atoms. The SMILES string of the molecule is COc1ccc(C(=O)N2CCC(C(N)=O)CC2)cc1CN(C)S(=O)(=O)c1ccc(C)cc1. The first kappa shape index (κ1) is 23.7. The first-order valence-electron chi connectivity index (χ1n) is 10.4. The summed E-state index contributed by atoms with van der Waals surface area (Å²) < 4.78 is 32.6. The Hall–Kier alpha value is -2.91. The summed E-state index contributed by atoms with van der Waals surface area (Å²) in [5, 5.41) is 0. The maximum Gasteiger partial charge on any atom is 0.253 e. The molecule has 32 heavy (non-hydrogen) atoms. The zero-order chi connectivity index (χ0) is 23.5. The molecule has 0 aliphatic carbocycles. The number of hydrogen-bond acceptors (Lipinski definition) is 5. The number of aryl methyl sites for hydroxylation is 1. The standard InChI is InChI=1S/C23H29N3O5S/c1-16-4-7-20(8-5-16)32(29,30)25(2)15-19-14-18(6-9-21(19)31-3)23(28)26-12-10-17(11-13-26)22(24)27/h4-9,14,17H,10-13,15H2,1-3H3,(H2,24,27). The monoisotopic (exact) mass is 459 g/mol. The zero-order valence-corrected chi connectivity index (χ0v) is 19.4. The van der Waals surface area contributed by atoms with Gasteiger partial charge < -0.3 is 15.4 Å². The van der Waals surface area contributed by atoms with Gasteiger partial charge in [-0.3, -0.25) is 9.59 Å². The molecular formula is C23H29N3O5S. The molecule has 2 aromatic rings. The fourth-order valence-corrected chi connectivity index (χ4v) is 4.95. The minimum Gasteiger partial charge on any atom is -0.496 e. The maximum absolute atomic E-state index is 13.0. The molecule has 2 amide bonds. The van der Waals surface area contributed by atoms with Gasteiger partial charge in [-0.25, -0.2) is 8.42 Å². The van der Waals surface area contributed by atoms with Crippen LogP contribution in [-0.4, -0.2) is 56.7 Å². The molecule has 172 valence electrons. The average molecular weight is 460 g/mol. The number of benzene rings is 2. The molecule has 2 aromatic carbocycles. The third-order valence-electron chi connectivity index (χ3n) is 5.83. The molecule has 1 aliphatic rings. The summed E-state index contributed by atoms with van der Waals surface area (Å²) in [7, 11) is -0.707. The fraction of sp³-hybridized carbons (Fsp3) is 0.391. The molecule has 0 spiro atoms. The predicted octanol–water partition coefficient (Wildman–Crippen LogP) is 2.16. The zero-order valence-electron chi connectivity index (χ0n) is 18.6. The third-order valence-corrected chi connectivity index (χ3v) is 7.65. The molecule has 8 nitrogen and oxygen atoms in total. The van der Waals surface area contributed by atoms with Crippen LogP contribution in [0, 0.1) is 12.8 Å². The summed E-state index contributed by atoms with van der Waals surface area (Å²) in [6.07, 6.45) is 1.09. The summed E-state index contributed by atoms with van der Waals surface area (Å²) >= 11 is 0. The van der Waals surface area contributed by atoms with Crippen molar-refractivity contribution in [2.75, 3.05) is 27.2 Å². The lowest BCUT2D eigenvalue weighted by molar-refractivity contribution is -0.123. The lowest BCUT2D eigenvalue weighted by Crippen LogP contribution is -2.41. The number of primary amides is 1. The van der Waals surface area contributed by atoms with E-state index in [1.807, 2.05) is 6.92 Å². The van der Waals surface area contributed by atoms with Gasteiger partial charge in [-0.05, 0) is 50.1 Å². The van der Waals surface area contributed by atoms with Crippen molar-refractivity contribution >= 4 is 21.8 Å². The second-order valence-electron chi connectivity index (χ2n) is 8.07. The lowest BCUT2D eigenvalue weighted by atomic mass is 9.95. The molecule has 1 heterocycles. The summed E-state index contributed by atoms with van der Waals surface area (Å²) in [6, 6.07) is 11.7. The molecule has 2 N–H and O–H groups in total. The van der Waals surface area contributed by atoms with Crippen LogP contribution in [-0.2, 0) is 21.4 Å². The molecule has 1 fully saturated rings. The van der Waals surface area contributed by atoms with Crippen LogP contribution < -0.4 is 10.5 Å². The first-order chi connectivity index (χ1) is 15.1. The average Bonchev–Trinajstić information content (AvgIpc) is 2.78. The van der Waals surface area contributed by atoms with E-state index in [1.165, 1.54) is 18.5 Å². The largest absolute Gasteiger partial charge is 0.496 e. The number of carbonyl (C=O) groups excluding carboxylic acids is 2. The molecule has 0 saturated carbocycles. The molecule has 1 saturated heterocycles. The number of carbonyl (C=O) groups is 2. The van der Waals surface area contributed by atoms with Gasteiger partial charge in [0.2, 0.25) is 15.9 Å². The van der Waals surface area contributed by atoms with E-state index in [0.29, 0.717) is 42.8 Å². The van der Waals surface area contributed by atoms with Crippen molar-refractivity contribution in [2.24, 2.45) is 11.7 Å². The molecule has 0 radical (unpaired) electrons. The Morgan fingerprint density at radius 3 is 2.31 bits per heavy atom. The van der Waals surface area contributed by atoms with Crippen LogP contribution in [0.3, 0.4) is 0 Å². The predicted molar refractivity (Wildman–Crippen MR) is 121 cm³/mol. The van der Waals surface area contributed by atoms with Crippen LogP contribution in [0.5, 0.6) is 5.75 Å². The van der Waals surface area contributed by atoms with Gasteiger partial charge in [-0.1, -0.05) is 17.7 Å². The minimum atomic E-state index is -3.71. The normalized spacial score (nSPS) is 15.1. The molecular weight excluding hydrogens is 430 g/mol. The highest BCUT2D eigenvalue weighted by atomic mass is 32.2. The number of hydrogen-bond donors (Lipinski definition) is 1. The van der Waals surface area contributed by atoms with Crippen molar-refractivity contribution < 1.29 is 22.7 Å². The second kappa shape index (κ2) is 9.70. The molecule has 0 unspecified atom stereocenters. The van der Waals surface area contributed by atoms with Crippen molar-refractivity contribution in [1.82, 2.24) is 9.21 Å². The van der Waals surface area contributed by atoms with Crippen molar-refractivity contribution in [3.63, 3.8) is 0 Å². The van der Waals surface area contributed by atoms with E-state index in [2.05, 4.69) is 0 Å². The minimum absolute atomic E-state index is 0.0459. The number of likely N-dealkylation sites (tertiary alicyclic amines) is 1. The third kappa shape index (κ3) is 5.11. The second-order valence-corrected chi connectivity index (χ2v) is 10.1. The van der Waals surface area contributed by atoms with Gasteiger partial charge in [0.15, 0.2) is 0 Å². The Labute approximate surface area is 189 Å². The Morgan fingerprint density at radius 2 is 1.75 bits per heavy atom. The molecule has 0 aromatic heterocycles. The smallest absolute Gasteiger partial charge is 0.253 e. The van der Waals surface area contributed by atoms with Crippen LogP contribution in [0.15, 0.2) is 47.4 Å². The van der Waals surface area contributed by atoms with Gasteiger partial charge >= 0.3 is 0 Å². The first-order valence-corrected chi connectivity index (χ1v) is 11.9. The van der Waals surface area contributed by atoms with Crippen LogP contribution in [0.25, 0.3) is 0 Å². The van der Waals surface area contributed by atoms with Gasteiger partial charge in [0.1, 0.15) is 5.75 Å². The van der Waals surface area contributed by atoms with Gasteiger partial charge in [0.25, 0.3) is 5.91 Å². The molecule has 3 rings (SSSR count). The Balaban J connectivity index is 1.80. The summed E-state index contributed by atoms with van der Waals surface area (Å²) in [6.45, 7) is 2.85.